The van der Waals surface area contributed by atoms with Crippen molar-refractivity contribution in [2.24, 2.45) is 0 Å². The van der Waals surface area contributed by atoms with Crippen molar-refractivity contribution in [1.82, 2.24) is 4.98 Å². The van der Waals surface area contributed by atoms with Crippen molar-refractivity contribution in [2.45, 2.75) is 25.4 Å². The maximum absolute atomic E-state index is 13.3. The standard InChI is InChI=1S/C12H11BrFN/c13-10-3-1-2-8-9-6-7(14)4-5-11(9)15-12(8)10/h1-3,7,15H,4-6H2. The first-order valence-electron chi connectivity index (χ1n) is 5.17. The number of aromatic amines is 1. The highest BCUT2D eigenvalue weighted by molar-refractivity contribution is 9.10. The molecule has 1 aliphatic carbocycles. The van der Waals surface area contributed by atoms with E-state index in [4.69, 9.17) is 0 Å². The number of rotatable bonds is 0. The molecule has 0 spiro atoms. The number of H-pyrrole nitrogens is 1. The lowest BCUT2D eigenvalue weighted by Crippen LogP contribution is -2.13. The number of aromatic nitrogens is 1. The SMILES string of the molecule is FC1CCc2[nH]c3c(Br)cccc3c2C1. The van der Waals surface area contributed by atoms with Crippen LogP contribution < -0.4 is 0 Å². The fourth-order valence-corrected chi connectivity index (χ4v) is 2.83. The molecule has 15 heavy (non-hydrogen) atoms. The van der Waals surface area contributed by atoms with Gasteiger partial charge < -0.3 is 4.98 Å². The summed E-state index contributed by atoms with van der Waals surface area (Å²) in [7, 11) is 0. The van der Waals surface area contributed by atoms with Gasteiger partial charge in [-0.3, -0.25) is 0 Å². The van der Waals surface area contributed by atoms with Gasteiger partial charge in [0.25, 0.3) is 0 Å². The number of halogens is 2. The Morgan fingerprint density at radius 1 is 1.40 bits per heavy atom. The van der Waals surface area contributed by atoms with Crippen molar-refractivity contribution < 1.29 is 4.39 Å². The van der Waals surface area contributed by atoms with Gasteiger partial charge in [0, 0.05) is 22.0 Å². The highest BCUT2D eigenvalue weighted by atomic mass is 79.9. The molecule has 0 radical (unpaired) electrons. The van der Waals surface area contributed by atoms with E-state index in [-0.39, 0.29) is 0 Å². The summed E-state index contributed by atoms with van der Waals surface area (Å²) in [6.45, 7) is 0. The summed E-state index contributed by atoms with van der Waals surface area (Å²) >= 11 is 3.51. The molecule has 1 aliphatic rings. The molecule has 3 heteroatoms. The van der Waals surface area contributed by atoms with Crippen LogP contribution in [0.1, 0.15) is 17.7 Å². The Bertz CT molecular complexity index is 518. The van der Waals surface area contributed by atoms with Crippen molar-refractivity contribution in [3.05, 3.63) is 33.9 Å². The van der Waals surface area contributed by atoms with E-state index in [1.165, 1.54) is 16.6 Å². The second kappa shape index (κ2) is 3.34. The van der Waals surface area contributed by atoms with E-state index >= 15 is 0 Å². The second-order valence-electron chi connectivity index (χ2n) is 4.08. The summed E-state index contributed by atoms with van der Waals surface area (Å²) in [5, 5.41) is 1.17. The molecule has 0 amide bonds. The Morgan fingerprint density at radius 2 is 2.27 bits per heavy atom. The minimum absolute atomic E-state index is 0.561. The lowest BCUT2D eigenvalue weighted by atomic mass is 9.94. The van der Waals surface area contributed by atoms with Crippen molar-refractivity contribution in [2.75, 3.05) is 0 Å². The Balaban J connectivity index is 2.29. The van der Waals surface area contributed by atoms with Crippen LogP contribution in [0.15, 0.2) is 22.7 Å². The summed E-state index contributed by atoms with van der Waals surface area (Å²) in [4.78, 5) is 3.39. The third-order valence-electron chi connectivity index (χ3n) is 3.11. The van der Waals surface area contributed by atoms with Gasteiger partial charge in [0.1, 0.15) is 6.17 Å². The molecular weight excluding hydrogens is 257 g/mol. The number of fused-ring (bicyclic) bond motifs is 3. The van der Waals surface area contributed by atoms with Crippen molar-refractivity contribution in [1.29, 1.82) is 0 Å². The number of alkyl halides is 1. The summed E-state index contributed by atoms with van der Waals surface area (Å²) in [5.41, 5.74) is 3.49. The van der Waals surface area contributed by atoms with E-state index in [9.17, 15) is 4.39 Å². The van der Waals surface area contributed by atoms with E-state index in [1.54, 1.807) is 0 Å². The molecule has 3 rings (SSSR count). The quantitative estimate of drug-likeness (QED) is 0.748. The van der Waals surface area contributed by atoms with E-state index in [1.807, 2.05) is 12.1 Å². The minimum atomic E-state index is -0.671. The molecule has 1 aromatic heterocycles. The van der Waals surface area contributed by atoms with Crippen LogP contribution in [0.5, 0.6) is 0 Å². The summed E-state index contributed by atoms with van der Waals surface area (Å²) in [5.74, 6) is 0. The Labute approximate surface area is 95.8 Å². The van der Waals surface area contributed by atoms with Gasteiger partial charge in [-0.1, -0.05) is 12.1 Å². The van der Waals surface area contributed by atoms with E-state index in [0.29, 0.717) is 12.8 Å². The van der Waals surface area contributed by atoms with Crippen LogP contribution in [0.3, 0.4) is 0 Å². The first-order chi connectivity index (χ1) is 7.25. The lowest BCUT2D eigenvalue weighted by Gasteiger charge is -2.15. The average Bonchev–Trinajstić information content (AvgIpc) is 2.58. The molecule has 1 heterocycles. The molecule has 0 bridgehead atoms. The summed E-state index contributed by atoms with van der Waals surface area (Å²) in [6, 6.07) is 6.08. The van der Waals surface area contributed by atoms with Crippen LogP contribution in [0, 0.1) is 0 Å². The molecule has 0 aliphatic heterocycles. The van der Waals surface area contributed by atoms with Crippen LogP contribution >= 0.6 is 15.9 Å². The molecule has 1 N–H and O–H groups in total. The maximum Gasteiger partial charge on any atom is 0.105 e. The van der Waals surface area contributed by atoms with Crippen LogP contribution in [0.4, 0.5) is 4.39 Å². The number of hydrogen-bond donors (Lipinski definition) is 1. The van der Waals surface area contributed by atoms with Crippen LogP contribution in [0.2, 0.25) is 0 Å². The first kappa shape index (κ1) is 9.40. The van der Waals surface area contributed by atoms with Crippen molar-refractivity contribution >= 4 is 26.8 Å². The maximum atomic E-state index is 13.3. The highest BCUT2D eigenvalue weighted by Gasteiger charge is 2.22. The monoisotopic (exact) mass is 267 g/mol. The van der Waals surface area contributed by atoms with Gasteiger partial charge in [-0.05, 0) is 40.4 Å². The average molecular weight is 268 g/mol. The van der Waals surface area contributed by atoms with Gasteiger partial charge in [0.2, 0.25) is 0 Å². The Kier molecular flexibility index (Phi) is 2.09. The first-order valence-corrected chi connectivity index (χ1v) is 5.97. The zero-order valence-corrected chi connectivity index (χ0v) is 9.77. The number of benzene rings is 1. The highest BCUT2D eigenvalue weighted by Crippen LogP contribution is 2.33. The van der Waals surface area contributed by atoms with Crippen LogP contribution in [-0.2, 0) is 12.8 Å². The largest absolute Gasteiger partial charge is 0.357 e. The molecule has 1 nitrogen and oxygen atoms in total. The topological polar surface area (TPSA) is 15.8 Å². The van der Waals surface area contributed by atoms with E-state index in [0.717, 1.165) is 16.4 Å². The zero-order valence-electron chi connectivity index (χ0n) is 8.19. The third kappa shape index (κ3) is 1.41. The van der Waals surface area contributed by atoms with Crippen LogP contribution in [-0.4, -0.2) is 11.2 Å². The molecule has 1 unspecified atom stereocenters. The van der Waals surface area contributed by atoms with Gasteiger partial charge >= 0.3 is 0 Å². The Morgan fingerprint density at radius 3 is 3.13 bits per heavy atom. The van der Waals surface area contributed by atoms with Crippen LogP contribution in [0.25, 0.3) is 10.9 Å². The zero-order chi connectivity index (χ0) is 10.4. The molecule has 0 fully saturated rings. The number of hydrogen-bond acceptors (Lipinski definition) is 0. The molecule has 2 aromatic rings. The summed E-state index contributed by atoms with van der Waals surface area (Å²) in [6.07, 6.45) is 1.37. The number of aryl methyl sites for hydroxylation is 1. The minimum Gasteiger partial charge on any atom is -0.357 e. The summed E-state index contributed by atoms with van der Waals surface area (Å²) < 4.78 is 14.4. The predicted octanol–water partition coefficient (Wildman–Crippen LogP) is 3.76. The molecular formula is C12H11BrFN. The number of nitrogens with one attached hydrogen (secondary N) is 1. The molecule has 78 valence electrons. The normalized spacial score (nSPS) is 20.5. The van der Waals surface area contributed by atoms with Gasteiger partial charge in [0.15, 0.2) is 0 Å². The van der Waals surface area contributed by atoms with Gasteiger partial charge in [-0.2, -0.15) is 0 Å². The number of para-hydroxylation sites is 1. The van der Waals surface area contributed by atoms with Gasteiger partial charge in [-0.25, -0.2) is 4.39 Å². The Hall–Kier alpha value is -0.830. The fourth-order valence-electron chi connectivity index (χ4n) is 2.36. The smallest absolute Gasteiger partial charge is 0.105 e. The lowest BCUT2D eigenvalue weighted by molar-refractivity contribution is 0.301. The van der Waals surface area contributed by atoms with Gasteiger partial charge in [-0.15, -0.1) is 0 Å². The predicted molar refractivity (Wildman–Crippen MR) is 62.9 cm³/mol. The molecule has 0 saturated heterocycles. The molecule has 0 saturated carbocycles. The second-order valence-corrected chi connectivity index (χ2v) is 4.94. The van der Waals surface area contributed by atoms with E-state index < -0.39 is 6.17 Å². The third-order valence-corrected chi connectivity index (χ3v) is 3.77. The van der Waals surface area contributed by atoms with Crippen molar-refractivity contribution in [3.63, 3.8) is 0 Å². The van der Waals surface area contributed by atoms with E-state index in [2.05, 4.69) is 27.0 Å². The van der Waals surface area contributed by atoms with Crippen molar-refractivity contribution in [3.8, 4) is 0 Å². The molecule has 1 atom stereocenters. The fraction of sp³-hybridized carbons (Fsp3) is 0.333. The molecule has 1 aromatic carbocycles. The van der Waals surface area contributed by atoms with Gasteiger partial charge in [0.05, 0.1) is 5.52 Å².